The minimum atomic E-state index is -0.147. The first-order valence-electron chi connectivity index (χ1n) is 21.3. The minimum Gasteiger partial charge on any atom is -0.265 e. The quantitative estimate of drug-likeness (QED) is 0.143. The smallest absolute Gasteiger partial charge is 0.265 e. The Balaban J connectivity index is 1.03. The van der Waals surface area contributed by atoms with E-state index in [4.69, 9.17) is 9.72 Å². The number of hydrogen-bond acceptors (Lipinski definition) is 3. The summed E-state index contributed by atoms with van der Waals surface area (Å²) >= 11 is 2.47. The first kappa shape index (κ1) is 39.4. The van der Waals surface area contributed by atoms with Crippen molar-refractivity contribution >= 4 is 32.8 Å². The van der Waals surface area contributed by atoms with Gasteiger partial charge >= 0.3 is 294 Å². The summed E-state index contributed by atoms with van der Waals surface area (Å²) in [7, 11) is 0. The van der Waals surface area contributed by atoms with E-state index < -0.39 is 0 Å². The molecule has 4 heterocycles. The van der Waals surface area contributed by atoms with Crippen LogP contribution < -0.4 is 4.74 Å². The van der Waals surface area contributed by atoms with Gasteiger partial charge in [-0.2, -0.15) is 0 Å². The SMILES string of the molecule is CC(C)(C)c1cc(-n2c3[c-]c(Oc4[c-]c(-n5[c](=[Pt])n(-c6c(-c7ccccc7)cccc6-c6ccccc6)c6ccccc65)ccc4)ccc3c3ccccc32)ncc1-c1ccncc1. The Morgan fingerprint density at radius 2 is 1.11 bits per heavy atom. The molecule has 64 heavy (non-hydrogen) atoms. The van der Waals surface area contributed by atoms with Crippen LogP contribution >= 0.6 is 0 Å². The molecule has 6 nitrogen and oxygen atoms in total. The van der Waals surface area contributed by atoms with Gasteiger partial charge in [0.1, 0.15) is 0 Å². The van der Waals surface area contributed by atoms with Crippen molar-refractivity contribution in [2.45, 2.75) is 26.2 Å². The first-order valence-corrected chi connectivity index (χ1v) is 22.4. The molecule has 312 valence electrons. The topological polar surface area (TPSA) is 49.8 Å². The summed E-state index contributed by atoms with van der Waals surface area (Å²) in [6.07, 6.45) is 5.65. The van der Waals surface area contributed by atoms with Crippen LogP contribution in [0.4, 0.5) is 0 Å². The van der Waals surface area contributed by atoms with Crippen LogP contribution in [0.15, 0.2) is 195 Å². The Morgan fingerprint density at radius 3 is 1.80 bits per heavy atom. The van der Waals surface area contributed by atoms with Crippen LogP contribution in [0.2, 0.25) is 0 Å². The summed E-state index contributed by atoms with van der Waals surface area (Å²) < 4.78 is 14.6. The fourth-order valence-electron chi connectivity index (χ4n) is 8.90. The van der Waals surface area contributed by atoms with Crippen LogP contribution in [0.5, 0.6) is 11.5 Å². The van der Waals surface area contributed by atoms with E-state index in [-0.39, 0.29) is 5.41 Å². The number of pyridine rings is 2. The number of imidazole rings is 1. The van der Waals surface area contributed by atoms with Crippen molar-refractivity contribution in [2.75, 3.05) is 0 Å². The molecular weight excluding hydrogens is 966 g/mol. The number of hydrogen-bond donors (Lipinski definition) is 0. The molecule has 0 aliphatic heterocycles. The molecule has 0 bridgehead atoms. The Bertz CT molecular complexity index is 3530. The molecule has 0 radical (unpaired) electrons. The van der Waals surface area contributed by atoms with Crippen LogP contribution in [0, 0.1) is 15.9 Å². The molecule has 7 heteroatoms. The average molecular weight is 1010 g/mol. The van der Waals surface area contributed by atoms with Crippen molar-refractivity contribution in [1.29, 1.82) is 0 Å². The number of fused-ring (bicyclic) bond motifs is 4. The van der Waals surface area contributed by atoms with Gasteiger partial charge in [-0.1, -0.05) is 32.9 Å². The molecule has 0 fully saturated rings. The predicted octanol–water partition coefficient (Wildman–Crippen LogP) is 14.1. The first-order chi connectivity index (χ1) is 31.3. The van der Waals surface area contributed by atoms with Gasteiger partial charge in [0.25, 0.3) is 0 Å². The molecule has 0 unspecified atom stereocenters. The molecule has 0 aliphatic carbocycles. The molecular formula is C57H41N5OPt-2. The van der Waals surface area contributed by atoms with E-state index in [1.165, 1.54) is 5.56 Å². The van der Waals surface area contributed by atoms with E-state index in [0.29, 0.717) is 11.5 Å². The van der Waals surface area contributed by atoms with Gasteiger partial charge < -0.3 is 0 Å². The second-order valence-electron chi connectivity index (χ2n) is 16.8. The van der Waals surface area contributed by atoms with Crippen molar-refractivity contribution in [3.8, 4) is 62.1 Å². The molecule has 0 saturated carbocycles. The van der Waals surface area contributed by atoms with Gasteiger partial charge in [0, 0.05) is 24.2 Å². The monoisotopic (exact) mass is 1010 g/mol. The molecule has 0 aliphatic rings. The second kappa shape index (κ2) is 16.1. The van der Waals surface area contributed by atoms with E-state index in [2.05, 4.69) is 217 Å². The average Bonchev–Trinajstić information content (AvgIpc) is 3.82. The van der Waals surface area contributed by atoms with Crippen LogP contribution in [0.25, 0.3) is 83.4 Å². The molecule has 0 spiro atoms. The van der Waals surface area contributed by atoms with E-state index in [1.54, 1.807) is 0 Å². The minimum absolute atomic E-state index is 0.147. The third-order valence-corrected chi connectivity index (χ3v) is 12.8. The summed E-state index contributed by atoms with van der Waals surface area (Å²) in [5, 5.41) is 2.19. The number of ether oxygens (including phenoxy) is 1. The van der Waals surface area contributed by atoms with Crippen molar-refractivity contribution in [3.63, 3.8) is 0 Å². The third kappa shape index (κ3) is 6.92. The van der Waals surface area contributed by atoms with E-state index in [9.17, 15) is 0 Å². The molecule has 11 rings (SSSR count). The number of aromatic nitrogens is 5. The summed E-state index contributed by atoms with van der Waals surface area (Å²) in [5.74, 6) is 1.99. The van der Waals surface area contributed by atoms with Crippen molar-refractivity contribution in [1.82, 2.24) is 23.7 Å². The van der Waals surface area contributed by atoms with Gasteiger partial charge in [-0.15, -0.1) is 0 Å². The number of nitrogens with zero attached hydrogens (tertiary/aromatic N) is 5. The van der Waals surface area contributed by atoms with Gasteiger partial charge in [0.05, 0.1) is 0 Å². The molecule has 0 saturated heterocycles. The zero-order valence-electron chi connectivity index (χ0n) is 35.4. The Morgan fingerprint density at radius 1 is 0.516 bits per heavy atom. The van der Waals surface area contributed by atoms with Crippen molar-refractivity contribution in [3.05, 3.63) is 216 Å². The number of rotatable bonds is 8. The fourth-order valence-corrected chi connectivity index (χ4v) is 9.98. The van der Waals surface area contributed by atoms with Gasteiger partial charge in [-0.05, 0) is 28.7 Å². The number of benzene rings is 7. The predicted molar refractivity (Wildman–Crippen MR) is 255 cm³/mol. The standard InChI is InChI=1S/C57H41N5O.Pt/c1-57(2,3)50-36-55(59-37-49(50)41-30-32-58-33-31-41)62-51-25-11-10-22-47(51)48-29-28-44(35-54(48)62)63-43-21-14-20-42(34-43)60-38-61(53-27-13-12-26-52(53)60)56-45(39-16-6-4-7-17-39)23-15-24-46(56)40-18-8-5-9-19-40;/h4-33,36-37H,1-3H3;/q-2;. The zero-order chi connectivity index (χ0) is 43.4. The zero-order valence-corrected chi connectivity index (χ0v) is 37.7. The van der Waals surface area contributed by atoms with Gasteiger partial charge in [0.15, 0.2) is 0 Å². The molecule has 7 aromatic carbocycles. The van der Waals surface area contributed by atoms with Crippen LogP contribution in [0.3, 0.4) is 0 Å². The van der Waals surface area contributed by atoms with Gasteiger partial charge in [-0.25, -0.2) is 0 Å². The maximum absolute atomic E-state index is 6.71. The molecule has 0 N–H and O–H groups in total. The normalized spacial score (nSPS) is 11.8. The second-order valence-corrected chi connectivity index (χ2v) is 17.9. The molecule has 11 aromatic rings. The Kier molecular flexibility index (Phi) is 9.90. The van der Waals surface area contributed by atoms with Crippen molar-refractivity contribution < 1.29 is 24.1 Å². The van der Waals surface area contributed by atoms with E-state index in [1.807, 2.05) is 48.9 Å². The summed E-state index contributed by atoms with van der Waals surface area (Å²) in [5.41, 5.74) is 13.9. The summed E-state index contributed by atoms with van der Waals surface area (Å²) in [6, 6.07) is 68.7. The Hall–Kier alpha value is -7.40. The third-order valence-electron chi connectivity index (χ3n) is 11.8. The van der Waals surface area contributed by atoms with E-state index in [0.717, 1.165) is 87.2 Å². The molecule has 4 aromatic heterocycles. The summed E-state index contributed by atoms with van der Waals surface area (Å²) in [6.45, 7) is 6.73. The van der Waals surface area contributed by atoms with Crippen molar-refractivity contribution in [2.24, 2.45) is 0 Å². The van der Waals surface area contributed by atoms with Crippen LogP contribution in [-0.2, 0) is 24.8 Å². The Labute approximate surface area is 382 Å². The van der Waals surface area contributed by atoms with Gasteiger partial charge in [-0.3, -0.25) is 4.98 Å². The van der Waals surface area contributed by atoms with Gasteiger partial charge in [0.2, 0.25) is 0 Å². The van der Waals surface area contributed by atoms with Crippen LogP contribution in [0.1, 0.15) is 26.3 Å². The summed E-state index contributed by atoms with van der Waals surface area (Å²) in [4.78, 5) is 9.36. The fraction of sp³-hybridized carbons (Fsp3) is 0.0702. The molecule has 0 amide bonds. The molecule has 0 atom stereocenters. The number of para-hydroxylation sites is 4. The van der Waals surface area contributed by atoms with Crippen LogP contribution in [-0.4, -0.2) is 23.7 Å². The van der Waals surface area contributed by atoms with E-state index >= 15 is 0 Å². The maximum atomic E-state index is 6.71.